The first kappa shape index (κ1) is 14.1. The lowest BCUT2D eigenvalue weighted by atomic mass is 9.76. The highest BCUT2D eigenvalue weighted by atomic mass is 14.9. The summed E-state index contributed by atoms with van der Waals surface area (Å²) in [6.45, 7) is 7.24. The quantitative estimate of drug-likeness (QED) is 0.553. The molecule has 0 saturated heterocycles. The van der Waals surface area contributed by atoms with Crippen molar-refractivity contribution in [1.82, 2.24) is 5.32 Å². The van der Waals surface area contributed by atoms with Gasteiger partial charge in [-0.15, -0.1) is 0 Å². The Morgan fingerprint density at radius 2 is 1.72 bits per heavy atom. The predicted octanol–water partition coefficient (Wildman–Crippen LogP) is 4.68. The van der Waals surface area contributed by atoms with Gasteiger partial charge in [0.15, 0.2) is 0 Å². The Bertz CT molecular complexity index is 274. The summed E-state index contributed by atoms with van der Waals surface area (Å²) < 4.78 is 0. The summed E-state index contributed by atoms with van der Waals surface area (Å²) in [6, 6.07) is 1.54. The van der Waals surface area contributed by atoms with E-state index in [9.17, 15) is 0 Å². The summed E-state index contributed by atoms with van der Waals surface area (Å²) in [5.41, 5.74) is 0.502. The SMILES string of the molecule is CC(C)(C)C1CCCC(NC2CC=CCC2)CC1. The van der Waals surface area contributed by atoms with Crippen LogP contribution in [0.2, 0.25) is 0 Å². The first-order valence-electron chi connectivity index (χ1n) is 7.97. The lowest BCUT2D eigenvalue weighted by Crippen LogP contribution is -2.38. The smallest absolute Gasteiger partial charge is 0.0107 e. The molecule has 2 rings (SSSR count). The molecule has 18 heavy (non-hydrogen) atoms. The second-order valence-electron chi connectivity index (χ2n) is 7.42. The van der Waals surface area contributed by atoms with Crippen LogP contribution in [0.25, 0.3) is 0 Å². The van der Waals surface area contributed by atoms with E-state index < -0.39 is 0 Å². The Labute approximate surface area is 113 Å². The topological polar surface area (TPSA) is 12.0 Å². The van der Waals surface area contributed by atoms with Gasteiger partial charge in [-0.05, 0) is 56.3 Å². The maximum Gasteiger partial charge on any atom is 0.0107 e. The molecule has 0 aromatic carbocycles. The third-order valence-corrected chi connectivity index (χ3v) is 4.93. The van der Waals surface area contributed by atoms with Gasteiger partial charge in [-0.1, -0.05) is 39.3 Å². The van der Waals surface area contributed by atoms with E-state index in [1.54, 1.807) is 0 Å². The van der Waals surface area contributed by atoms with Crippen LogP contribution in [-0.2, 0) is 0 Å². The summed E-state index contributed by atoms with van der Waals surface area (Å²) in [4.78, 5) is 0. The fraction of sp³-hybridized carbons (Fsp3) is 0.882. The molecular formula is C17H31N. The van der Waals surface area contributed by atoms with Crippen molar-refractivity contribution in [2.45, 2.75) is 84.2 Å². The molecule has 0 heterocycles. The minimum Gasteiger partial charge on any atom is -0.311 e. The van der Waals surface area contributed by atoms with Crippen LogP contribution in [-0.4, -0.2) is 12.1 Å². The molecular weight excluding hydrogens is 218 g/mol. The molecule has 0 radical (unpaired) electrons. The Kier molecular flexibility index (Phi) is 4.89. The van der Waals surface area contributed by atoms with Crippen molar-refractivity contribution in [2.75, 3.05) is 0 Å². The van der Waals surface area contributed by atoms with E-state index in [1.807, 2.05) is 0 Å². The monoisotopic (exact) mass is 249 g/mol. The van der Waals surface area contributed by atoms with Crippen LogP contribution in [0, 0.1) is 11.3 Å². The van der Waals surface area contributed by atoms with Crippen molar-refractivity contribution in [3.8, 4) is 0 Å². The second kappa shape index (κ2) is 6.23. The van der Waals surface area contributed by atoms with Crippen LogP contribution in [0.5, 0.6) is 0 Å². The van der Waals surface area contributed by atoms with Gasteiger partial charge in [0, 0.05) is 12.1 Å². The van der Waals surface area contributed by atoms with Crippen LogP contribution in [0.1, 0.15) is 72.1 Å². The van der Waals surface area contributed by atoms with E-state index >= 15 is 0 Å². The minimum absolute atomic E-state index is 0.502. The molecule has 1 heteroatoms. The van der Waals surface area contributed by atoms with E-state index in [4.69, 9.17) is 0 Å². The van der Waals surface area contributed by atoms with Crippen LogP contribution in [0.3, 0.4) is 0 Å². The molecule has 104 valence electrons. The number of allylic oxidation sites excluding steroid dienone is 1. The molecule has 1 N–H and O–H groups in total. The van der Waals surface area contributed by atoms with Crippen molar-refractivity contribution in [1.29, 1.82) is 0 Å². The first-order valence-corrected chi connectivity index (χ1v) is 7.97. The zero-order valence-electron chi connectivity index (χ0n) is 12.5. The molecule has 0 spiro atoms. The molecule has 2 aliphatic carbocycles. The molecule has 1 saturated carbocycles. The Morgan fingerprint density at radius 3 is 2.39 bits per heavy atom. The summed E-state index contributed by atoms with van der Waals surface area (Å²) >= 11 is 0. The number of nitrogens with one attached hydrogen (secondary N) is 1. The van der Waals surface area contributed by atoms with Gasteiger partial charge in [0.2, 0.25) is 0 Å². The van der Waals surface area contributed by atoms with Gasteiger partial charge in [-0.3, -0.25) is 0 Å². The number of hydrogen-bond donors (Lipinski definition) is 1. The standard InChI is InChI=1S/C17H31N/c1-17(2,3)14-8-7-11-16(13-12-14)18-15-9-5-4-6-10-15/h4-5,14-16,18H,6-13H2,1-3H3. The molecule has 0 aromatic rings. The van der Waals surface area contributed by atoms with Gasteiger partial charge in [-0.2, -0.15) is 0 Å². The van der Waals surface area contributed by atoms with Gasteiger partial charge in [0.25, 0.3) is 0 Å². The molecule has 1 fully saturated rings. The third-order valence-electron chi connectivity index (χ3n) is 4.93. The van der Waals surface area contributed by atoms with Crippen LogP contribution >= 0.6 is 0 Å². The molecule has 3 unspecified atom stereocenters. The molecule has 2 aliphatic rings. The van der Waals surface area contributed by atoms with E-state index in [-0.39, 0.29) is 0 Å². The van der Waals surface area contributed by atoms with Gasteiger partial charge in [0.1, 0.15) is 0 Å². The van der Waals surface area contributed by atoms with Gasteiger partial charge >= 0.3 is 0 Å². The Balaban J connectivity index is 1.80. The molecule has 0 amide bonds. The highest BCUT2D eigenvalue weighted by molar-refractivity contribution is 4.94. The summed E-state index contributed by atoms with van der Waals surface area (Å²) in [5, 5.41) is 3.92. The first-order chi connectivity index (χ1) is 8.55. The van der Waals surface area contributed by atoms with Crippen molar-refractivity contribution < 1.29 is 0 Å². The van der Waals surface area contributed by atoms with Gasteiger partial charge in [-0.25, -0.2) is 0 Å². The summed E-state index contributed by atoms with van der Waals surface area (Å²) in [5.74, 6) is 0.926. The highest BCUT2D eigenvalue weighted by Crippen LogP contribution is 2.37. The van der Waals surface area contributed by atoms with E-state index in [0.717, 1.165) is 18.0 Å². The average molecular weight is 249 g/mol. The van der Waals surface area contributed by atoms with E-state index in [2.05, 4.69) is 38.2 Å². The Hall–Kier alpha value is -0.300. The van der Waals surface area contributed by atoms with Gasteiger partial charge in [0.05, 0.1) is 0 Å². The molecule has 0 aliphatic heterocycles. The van der Waals surface area contributed by atoms with Crippen molar-refractivity contribution in [3.63, 3.8) is 0 Å². The minimum atomic E-state index is 0.502. The number of rotatable bonds is 2. The molecule has 0 aromatic heterocycles. The largest absolute Gasteiger partial charge is 0.311 e. The van der Waals surface area contributed by atoms with Crippen LogP contribution in [0.15, 0.2) is 12.2 Å². The van der Waals surface area contributed by atoms with Crippen molar-refractivity contribution >= 4 is 0 Å². The summed E-state index contributed by atoms with van der Waals surface area (Å²) in [7, 11) is 0. The van der Waals surface area contributed by atoms with Crippen LogP contribution < -0.4 is 5.32 Å². The zero-order valence-corrected chi connectivity index (χ0v) is 12.5. The summed E-state index contributed by atoms with van der Waals surface area (Å²) in [6.07, 6.45) is 15.6. The third kappa shape index (κ3) is 4.12. The van der Waals surface area contributed by atoms with E-state index in [1.165, 1.54) is 51.4 Å². The fourth-order valence-corrected chi connectivity index (χ4v) is 3.61. The maximum atomic E-state index is 3.92. The Morgan fingerprint density at radius 1 is 0.889 bits per heavy atom. The fourth-order valence-electron chi connectivity index (χ4n) is 3.61. The van der Waals surface area contributed by atoms with Crippen molar-refractivity contribution in [3.05, 3.63) is 12.2 Å². The lowest BCUT2D eigenvalue weighted by molar-refractivity contribution is 0.213. The van der Waals surface area contributed by atoms with Gasteiger partial charge < -0.3 is 5.32 Å². The van der Waals surface area contributed by atoms with Crippen LogP contribution in [0.4, 0.5) is 0 Å². The second-order valence-corrected chi connectivity index (χ2v) is 7.42. The number of hydrogen-bond acceptors (Lipinski definition) is 1. The molecule has 3 atom stereocenters. The van der Waals surface area contributed by atoms with E-state index in [0.29, 0.717) is 5.41 Å². The van der Waals surface area contributed by atoms with Crippen molar-refractivity contribution in [2.24, 2.45) is 11.3 Å². The molecule has 0 bridgehead atoms. The average Bonchev–Trinajstić information content (AvgIpc) is 2.55. The lowest BCUT2D eigenvalue weighted by Gasteiger charge is -2.30. The highest BCUT2D eigenvalue weighted by Gasteiger charge is 2.28. The molecule has 1 nitrogen and oxygen atoms in total. The predicted molar refractivity (Wildman–Crippen MR) is 79.7 cm³/mol. The maximum absolute atomic E-state index is 3.92. The normalized spacial score (nSPS) is 34.3. The zero-order chi connectivity index (χ0) is 13.0.